The third-order valence-corrected chi connectivity index (χ3v) is 3.81. The van der Waals surface area contributed by atoms with Crippen LogP contribution in [0, 0.1) is 19.3 Å². The third kappa shape index (κ3) is 6.22. The van der Waals surface area contributed by atoms with Crippen molar-refractivity contribution in [3.05, 3.63) is 21.9 Å². The predicted octanol–water partition coefficient (Wildman–Crippen LogP) is 2.28. The molecule has 1 heterocycles. The van der Waals surface area contributed by atoms with Gasteiger partial charge in [0, 0.05) is 28.9 Å². The van der Waals surface area contributed by atoms with E-state index in [0.717, 1.165) is 6.54 Å². The van der Waals surface area contributed by atoms with Gasteiger partial charge in [0.1, 0.15) is 6.61 Å². The fourth-order valence-electron chi connectivity index (χ4n) is 1.81. The number of nitrogens with zero attached hydrogens (tertiary/aromatic N) is 1. The zero-order valence-corrected chi connectivity index (χ0v) is 12.7. The summed E-state index contributed by atoms with van der Waals surface area (Å²) >= 11 is 1.80. The van der Waals surface area contributed by atoms with Gasteiger partial charge in [-0.25, -0.2) is 0 Å². The average Bonchev–Trinajstić information content (AvgIpc) is 2.74. The second kappa shape index (κ2) is 8.34. The van der Waals surface area contributed by atoms with Crippen molar-refractivity contribution in [2.45, 2.75) is 39.5 Å². The van der Waals surface area contributed by atoms with Gasteiger partial charge in [-0.05, 0) is 32.9 Å². The summed E-state index contributed by atoms with van der Waals surface area (Å²) in [4.78, 5) is 4.88. The van der Waals surface area contributed by atoms with E-state index in [0.29, 0.717) is 12.6 Å². The molecule has 1 atom stereocenters. The van der Waals surface area contributed by atoms with Gasteiger partial charge in [0.2, 0.25) is 0 Å². The van der Waals surface area contributed by atoms with Crippen LogP contribution in [0.4, 0.5) is 0 Å². The number of aliphatic hydroxyl groups is 1. The maximum absolute atomic E-state index is 9.95. The van der Waals surface area contributed by atoms with Gasteiger partial charge in [-0.15, -0.1) is 17.8 Å². The molecule has 0 saturated heterocycles. The van der Waals surface area contributed by atoms with E-state index in [2.05, 4.69) is 43.7 Å². The quantitative estimate of drug-likeness (QED) is 0.586. The first-order valence-electron chi connectivity index (χ1n) is 6.51. The van der Waals surface area contributed by atoms with Crippen LogP contribution in [0.2, 0.25) is 0 Å². The standard InChI is InChI=1S/C15H23NO2S/c1-5-8-18-11-14(17)9-16(12(2)3)10-15-7-6-13(4)19-15/h1,6-7,12,14,17H,8-11H2,2-4H3. The fraction of sp³-hybridized carbons (Fsp3) is 0.600. The topological polar surface area (TPSA) is 32.7 Å². The lowest BCUT2D eigenvalue weighted by atomic mass is 10.2. The highest BCUT2D eigenvalue weighted by molar-refractivity contribution is 7.11. The van der Waals surface area contributed by atoms with Gasteiger partial charge in [0.25, 0.3) is 0 Å². The van der Waals surface area contributed by atoms with Crippen molar-refractivity contribution in [1.29, 1.82) is 0 Å². The molecule has 0 aliphatic carbocycles. The van der Waals surface area contributed by atoms with Gasteiger partial charge >= 0.3 is 0 Å². The summed E-state index contributed by atoms with van der Waals surface area (Å²) < 4.78 is 5.17. The molecule has 3 nitrogen and oxygen atoms in total. The van der Waals surface area contributed by atoms with E-state index in [1.54, 1.807) is 11.3 Å². The van der Waals surface area contributed by atoms with Crippen molar-refractivity contribution in [3.63, 3.8) is 0 Å². The van der Waals surface area contributed by atoms with Crippen LogP contribution in [0.15, 0.2) is 12.1 Å². The molecule has 0 radical (unpaired) electrons. The van der Waals surface area contributed by atoms with Crippen LogP contribution in [-0.4, -0.2) is 41.9 Å². The summed E-state index contributed by atoms with van der Waals surface area (Å²) in [6.45, 7) is 8.38. The maximum Gasteiger partial charge on any atom is 0.107 e. The van der Waals surface area contributed by atoms with E-state index in [1.807, 2.05) is 0 Å². The van der Waals surface area contributed by atoms with Gasteiger partial charge in [-0.1, -0.05) is 5.92 Å². The van der Waals surface area contributed by atoms with Crippen LogP contribution in [-0.2, 0) is 11.3 Å². The number of terminal acetylenes is 1. The molecule has 0 saturated carbocycles. The molecule has 4 heteroatoms. The van der Waals surface area contributed by atoms with E-state index >= 15 is 0 Å². The Balaban J connectivity index is 2.46. The number of hydrogen-bond donors (Lipinski definition) is 1. The largest absolute Gasteiger partial charge is 0.389 e. The number of rotatable bonds is 8. The van der Waals surface area contributed by atoms with Crippen molar-refractivity contribution < 1.29 is 9.84 Å². The Hall–Kier alpha value is -0.860. The second-order valence-electron chi connectivity index (χ2n) is 4.91. The summed E-state index contributed by atoms with van der Waals surface area (Å²) in [6, 6.07) is 4.66. The number of aliphatic hydroxyl groups excluding tert-OH is 1. The van der Waals surface area contributed by atoms with Crippen molar-refractivity contribution in [2.24, 2.45) is 0 Å². The predicted molar refractivity (Wildman–Crippen MR) is 80.3 cm³/mol. The van der Waals surface area contributed by atoms with E-state index in [1.165, 1.54) is 9.75 Å². The van der Waals surface area contributed by atoms with Crippen LogP contribution >= 0.6 is 11.3 Å². The van der Waals surface area contributed by atoms with Crippen LogP contribution in [0.1, 0.15) is 23.6 Å². The highest BCUT2D eigenvalue weighted by Gasteiger charge is 2.16. The Labute approximate surface area is 120 Å². The summed E-state index contributed by atoms with van der Waals surface area (Å²) in [6.07, 6.45) is 4.60. The van der Waals surface area contributed by atoms with Gasteiger partial charge in [-0.3, -0.25) is 4.90 Å². The van der Waals surface area contributed by atoms with Crippen molar-refractivity contribution in [2.75, 3.05) is 19.8 Å². The number of thiophene rings is 1. The smallest absolute Gasteiger partial charge is 0.107 e. The summed E-state index contributed by atoms with van der Waals surface area (Å²) in [7, 11) is 0. The summed E-state index contributed by atoms with van der Waals surface area (Å²) in [5, 5.41) is 9.95. The van der Waals surface area contributed by atoms with E-state index in [9.17, 15) is 5.11 Å². The van der Waals surface area contributed by atoms with E-state index in [4.69, 9.17) is 11.2 Å². The Morgan fingerprint density at radius 3 is 2.74 bits per heavy atom. The van der Waals surface area contributed by atoms with Gasteiger partial charge in [-0.2, -0.15) is 0 Å². The van der Waals surface area contributed by atoms with Crippen LogP contribution in [0.3, 0.4) is 0 Å². The zero-order valence-electron chi connectivity index (χ0n) is 11.9. The monoisotopic (exact) mass is 281 g/mol. The highest BCUT2D eigenvalue weighted by atomic mass is 32.1. The van der Waals surface area contributed by atoms with Crippen LogP contribution in [0.5, 0.6) is 0 Å². The fourth-order valence-corrected chi connectivity index (χ4v) is 2.72. The number of aryl methyl sites for hydroxylation is 1. The molecule has 1 aromatic heterocycles. The highest BCUT2D eigenvalue weighted by Crippen LogP contribution is 2.18. The minimum absolute atomic E-state index is 0.253. The molecule has 0 amide bonds. The summed E-state index contributed by atoms with van der Waals surface area (Å²) in [5.74, 6) is 2.40. The lowest BCUT2D eigenvalue weighted by Gasteiger charge is -2.28. The first kappa shape index (κ1) is 16.2. The molecule has 0 bridgehead atoms. The molecule has 1 rings (SSSR count). The molecule has 0 aromatic carbocycles. The Bertz CT molecular complexity index is 409. The molecule has 1 unspecified atom stereocenters. The molecule has 0 aliphatic rings. The minimum Gasteiger partial charge on any atom is -0.389 e. The normalized spacial score (nSPS) is 12.9. The Kier molecular flexibility index (Phi) is 7.11. The molecule has 0 fully saturated rings. The average molecular weight is 281 g/mol. The molecule has 106 valence electrons. The summed E-state index contributed by atoms with van der Waals surface area (Å²) in [5.41, 5.74) is 0. The van der Waals surface area contributed by atoms with Crippen LogP contribution in [0.25, 0.3) is 0 Å². The molecule has 0 aliphatic heterocycles. The first-order valence-corrected chi connectivity index (χ1v) is 7.33. The van der Waals surface area contributed by atoms with Crippen LogP contribution < -0.4 is 0 Å². The molecule has 19 heavy (non-hydrogen) atoms. The zero-order chi connectivity index (χ0) is 14.3. The van der Waals surface area contributed by atoms with Gasteiger partial charge < -0.3 is 9.84 Å². The van der Waals surface area contributed by atoms with Crippen molar-refractivity contribution >= 4 is 11.3 Å². The SMILES string of the molecule is C#CCOCC(O)CN(Cc1ccc(C)s1)C(C)C. The first-order chi connectivity index (χ1) is 9.02. The van der Waals surface area contributed by atoms with Crippen molar-refractivity contribution in [3.8, 4) is 12.3 Å². The van der Waals surface area contributed by atoms with Crippen molar-refractivity contribution in [1.82, 2.24) is 4.90 Å². The second-order valence-corrected chi connectivity index (χ2v) is 6.28. The number of ether oxygens (including phenoxy) is 1. The molecule has 1 N–H and O–H groups in total. The molecule has 1 aromatic rings. The van der Waals surface area contributed by atoms with Gasteiger partial charge in [0.05, 0.1) is 12.7 Å². The minimum atomic E-state index is -0.503. The lowest BCUT2D eigenvalue weighted by molar-refractivity contribution is 0.0194. The third-order valence-electron chi connectivity index (χ3n) is 2.83. The maximum atomic E-state index is 9.95. The Morgan fingerprint density at radius 2 is 2.21 bits per heavy atom. The molecule has 0 spiro atoms. The Morgan fingerprint density at radius 1 is 1.47 bits per heavy atom. The molecular weight excluding hydrogens is 258 g/mol. The van der Waals surface area contributed by atoms with E-state index in [-0.39, 0.29) is 13.2 Å². The van der Waals surface area contributed by atoms with E-state index < -0.39 is 6.10 Å². The number of hydrogen-bond acceptors (Lipinski definition) is 4. The molecular formula is C15H23NO2S. The lowest BCUT2D eigenvalue weighted by Crippen LogP contribution is -2.38. The van der Waals surface area contributed by atoms with Gasteiger partial charge in [0.15, 0.2) is 0 Å².